The number of carbonyl (C=O) groups is 2. The maximum atomic E-state index is 12.0. The van der Waals surface area contributed by atoms with Gasteiger partial charge in [-0.1, -0.05) is 0 Å². The predicted molar refractivity (Wildman–Crippen MR) is 74.6 cm³/mol. The van der Waals surface area contributed by atoms with Crippen LogP contribution in [0.15, 0.2) is 4.42 Å². The van der Waals surface area contributed by atoms with E-state index in [4.69, 9.17) is 9.52 Å². The lowest BCUT2D eigenvalue weighted by Crippen LogP contribution is -2.44. The molecule has 116 valence electrons. The molecule has 7 heteroatoms. The van der Waals surface area contributed by atoms with Gasteiger partial charge in [-0.15, -0.1) is 0 Å². The van der Waals surface area contributed by atoms with Gasteiger partial charge >= 0.3 is 5.97 Å². The molecule has 1 amide bonds. The lowest BCUT2D eigenvalue weighted by atomic mass is 9.97. The summed E-state index contributed by atoms with van der Waals surface area (Å²) in [5.74, 6) is 0.255. The fraction of sp³-hybridized carbons (Fsp3) is 0.643. The molecule has 1 aliphatic heterocycles. The van der Waals surface area contributed by atoms with Crippen LogP contribution in [0.1, 0.15) is 30.2 Å². The van der Waals surface area contributed by atoms with Crippen LogP contribution < -0.4 is 5.32 Å². The van der Waals surface area contributed by atoms with Gasteiger partial charge in [0.15, 0.2) is 0 Å². The van der Waals surface area contributed by atoms with Crippen molar-refractivity contribution < 1.29 is 19.1 Å². The van der Waals surface area contributed by atoms with Gasteiger partial charge in [-0.05, 0) is 26.7 Å². The van der Waals surface area contributed by atoms with Crippen LogP contribution in [0.4, 0.5) is 0 Å². The van der Waals surface area contributed by atoms with Gasteiger partial charge in [-0.2, -0.15) is 0 Å². The van der Waals surface area contributed by atoms with Crippen LogP contribution in [0.2, 0.25) is 0 Å². The molecule has 0 unspecified atom stereocenters. The molecule has 0 saturated carbocycles. The Morgan fingerprint density at radius 1 is 1.38 bits per heavy atom. The first-order valence-corrected chi connectivity index (χ1v) is 7.11. The van der Waals surface area contributed by atoms with E-state index in [0.717, 1.165) is 11.5 Å². The summed E-state index contributed by atoms with van der Waals surface area (Å²) in [6, 6.07) is 0. The Bertz CT molecular complexity index is 499. The molecular weight excluding hydrogens is 274 g/mol. The molecule has 0 bridgehead atoms. The van der Waals surface area contributed by atoms with Crippen LogP contribution >= 0.6 is 0 Å². The second kappa shape index (κ2) is 6.71. The Hall–Kier alpha value is -1.89. The van der Waals surface area contributed by atoms with E-state index >= 15 is 0 Å². The van der Waals surface area contributed by atoms with Gasteiger partial charge < -0.3 is 14.4 Å². The number of rotatable bonds is 5. The van der Waals surface area contributed by atoms with Gasteiger partial charge in [0, 0.05) is 13.1 Å². The summed E-state index contributed by atoms with van der Waals surface area (Å²) in [6.07, 6.45) is 1.05. The van der Waals surface area contributed by atoms with Crippen molar-refractivity contribution in [3.05, 3.63) is 17.3 Å². The van der Waals surface area contributed by atoms with E-state index in [1.807, 2.05) is 13.8 Å². The average Bonchev–Trinajstić information content (AvgIpc) is 2.77. The molecule has 21 heavy (non-hydrogen) atoms. The molecule has 2 heterocycles. The molecule has 1 aromatic heterocycles. The van der Waals surface area contributed by atoms with Crippen molar-refractivity contribution in [3.63, 3.8) is 0 Å². The van der Waals surface area contributed by atoms with Crippen molar-refractivity contribution in [2.24, 2.45) is 5.92 Å². The number of nitrogens with one attached hydrogen (secondary N) is 1. The van der Waals surface area contributed by atoms with E-state index in [-0.39, 0.29) is 18.4 Å². The molecule has 2 rings (SSSR count). The van der Waals surface area contributed by atoms with Crippen LogP contribution in [0.25, 0.3) is 0 Å². The summed E-state index contributed by atoms with van der Waals surface area (Å²) in [4.78, 5) is 28.8. The van der Waals surface area contributed by atoms with Crippen LogP contribution in [-0.4, -0.2) is 46.5 Å². The average molecular weight is 295 g/mol. The first kappa shape index (κ1) is 15.5. The van der Waals surface area contributed by atoms with Crippen molar-refractivity contribution in [1.29, 1.82) is 0 Å². The van der Waals surface area contributed by atoms with E-state index in [1.165, 1.54) is 0 Å². The van der Waals surface area contributed by atoms with E-state index in [9.17, 15) is 9.59 Å². The van der Waals surface area contributed by atoms with Crippen molar-refractivity contribution in [2.75, 3.05) is 19.6 Å². The number of hydrogen-bond donors (Lipinski definition) is 2. The molecule has 7 nitrogen and oxygen atoms in total. The van der Waals surface area contributed by atoms with Crippen LogP contribution in [-0.2, 0) is 16.1 Å². The van der Waals surface area contributed by atoms with E-state index in [1.54, 1.807) is 4.90 Å². The Kier molecular flexibility index (Phi) is 4.95. The van der Waals surface area contributed by atoms with Crippen molar-refractivity contribution in [3.8, 4) is 0 Å². The number of aryl methyl sites for hydroxylation is 2. The number of piperidine rings is 1. The number of carbonyl (C=O) groups excluding carboxylic acids is 1. The number of carboxylic acids is 1. The number of likely N-dealkylation sites (tertiary alicyclic amines) is 1. The molecule has 2 N–H and O–H groups in total. The fourth-order valence-corrected chi connectivity index (χ4v) is 2.38. The SMILES string of the molecule is Cc1nc(CNCC(=O)N2CCC(C(=O)O)CC2)oc1C. The zero-order valence-electron chi connectivity index (χ0n) is 12.4. The van der Waals surface area contributed by atoms with E-state index in [2.05, 4.69) is 10.3 Å². The third-order valence-corrected chi connectivity index (χ3v) is 3.82. The summed E-state index contributed by atoms with van der Waals surface area (Å²) >= 11 is 0. The highest BCUT2D eigenvalue weighted by Gasteiger charge is 2.26. The highest BCUT2D eigenvalue weighted by atomic mass is 16.4. The zero-order valence-corrected chi connectivity index (χ0v) is 12.4. The number of hydrogen-bond acceptors (Lipinski definition) is 5. The molecule has 1 fully saturated rings. The van der Waals surface area contributed by atoms with Gasteiger partial charge in [-0.3, -0.25) is 14.9 Å². The van der Waals surface area contributed by atoms with Gasteiger partial charge in [0.1, 0.15) is 5.76 Å². The third-order valence-electron chi connectivity index (χ3n) is 3.82. The topological polar surface area (TPSA) is 95.7 Å². The molecule has 1 saturated heterocycles. The lowest BCUT2D eigenvalue weighted by molar-refractivity contribution is -0.145. The number of oxazole rings is 1. The summed E-state index contributed by atoms with van der Waals surface area (Å²) in [5, 5.41) is 11.9. The van der Waals surface area contributed by atoms with Crippen molar-refractivity contribution in [1.82, 2.24) is 15.2 Å². The Balaban J connectivity index is 1.71. The standard InChI is InChI=1S/C14H21N3O4/c1-9-10(2)21-12(16-9)7-15-8-13(18)17-5-3-11(4-6-17)14(19)20/h11,15H,3-8H2,1-2H3,(H,19,20). The smallest absolute Gasteiger partial charge is 0.306 e. The largest absolute Gasteiger partial charge is 0.481 e. The number of aromatic nitrogens is 1. The molecular formula is C14H21N3O4. The quantitative estimate of drug-likeness (QED) is 0.830. The lowest BCUT2D eigenvalue weighted by Gasteiger charge is -2.30. The van der Waals surface area contributed by atoms with Crippen molar-refractivity contribution >= 4 is 11.9 Å². The normalized spacial score (nSPS) is 16.2. The molecule has 0 aliphatic carbocycles. The Labute approximate surface area is 123 Å². The van der Waals surface area contributed by atoms with Gasteiger partial charge in [0.2, 0.25) is 11.8 Å². The van der Waals surface area contributed by atoms with Crippen LogP contribution in [0, 0.1) is 19.8 Å². The van der Waals surface area contributed by atoms with Crippen molar-refractivity contribution in [2.45, 2.75) is 33.2 Å². The number of carboxylic acid groups (broad SMARTS) is 1. The minimum atomic E-state index is -0.769. The minimum absolute atomic E-state index is 0.0150. The third kappa shape index (κ3) is 4.04. The summed E-state index contributed by atoms with van der Waals surface area (Å²) < 4.78 is 5.42. The van der Waals surface area contributed by atoms with Crippen LogP contribution in [0.3, 0.4) is 0 Å². The number of aliphatic carboxylic acids is 1. The molecule has 0 radical (unpaired) electrons. The maximum absolute atomic E-state index is 12.0. The minimum Gasteiger partial charge on any atom is -0.481 e. The fourth-order valence-electron chi connectivity index (χ4n) is 2.38. The Morgan fingerprint density at radius 2 is 2.05 bits per heavy atom. The number of nitrogens with zero attached hydrogens (tertiary/aromatic N) is 2. The van der Waals surface area contributed by atoms with Gasteiger partial charge in [0.25, 0.3) is 0 Å². The molecule has 0 aromatic carbocycles. The molecule has 1 aliphatic rings. The second-order valence-corrected chi connectivity index (χ2v) is 5.35. The van der Waals surface area contributed by atoms with Crippen LogP contribution in [0.5, 0.6) is 0 Å². The summed E-state index contributed by atoms with van der Waals surface area (Å²) in [5.41, 5.74) is 0.855. The Morgan fingerprint density at radius 3 is 2.57 bits per heavy atom. The zero-order chi connectivity index (χ0) is 15.4. The highest BCUT2D eigenvalue weighted by Crippen LogP contribution is 2.17. The summed E-state index contributed by atoms with van der Waals surface area (Å²) in [7, 11) is 0. The highest BCUT2D eigenvalue weighted by molar-refractivity contribution is 5.78. The first-order valence-electron chi connectivity index (χ1n) is 7.11. The monoisotopic (exact) mass is 295 g/mol. The summed E-state index contributed by atoms with van der Waals surface area (Å²) in [6.45, 7) is 5.36. The first-order chi connectivity index (χ1) is 9.97. The van der Waals surface area contributed by atoms with Gasteiger partial charge in [0.05, 0.1) is 24.7 Å². The second-order valence-electron chi connectivity index (χ2n) is 5.35. The molecule has 0 atom stereocenters. The maximum Gasteiger partial charge on any atom is 0.306 e. The predicted octanol–water partition coefficient (Wildman–Crippen LogP) is 0.704. The molecule has 0 spiro atoms. The van der Waals surface area contributed by atoms with Gasteiger partial charge in [-0.25, -0.2) is 4.98 Å². The molecule has 1 aromatic rings. The van der Waals surface area contributed by atoms with E-state index in [0.29, 0.717) is 38.4 Å². The van der Waals surface area contributed by atoms with E-state index < -0.39 is 5.97 Å². The number of amides is 1.